The molecule has 1 aliphatic carbocycles. The third kappa shape index (κ3) is 2.93. The van der Waals surface area contributed by atoms with Crippen LogP contribution >= 0.6 is 0 Å². The van der Waals surface area contributed by atoms with E-state index in [1.54, 1.807) is 13.2 Å². The first-order valence-electron chi connectivity index (χ1n) is 8.67. The molecular formula is C17H19F3N6O. The van der Waals surface area contributed by atoms with Gasteiger partial charge in [-0.25, -0.2) is 18.2 Å². The van der Waals surface area contributed by atoms with Crippen LogP contribution in [0.15, 0.2) is 12.4 Å². The third-order valence-electron chi connectivity index (χ3n) is 5.13. The number of aryl methyl sites for hydroxylation is 1. The summed E-state index contributed by atoms with van der Waals surface area (Å²) in [6.45, 7) is 0.0113. The molecular weight excluding hydrogens is 361 g/mol. The summed E-state index contributed by atoms with van der Waals surface area (Å²) < 4.78 is 44.3. The molecule has 0 aromatic carbocycles. The van der Waals surface area contributed by atoms with E-state index in [9.17, 15) is 18.0 Å². The number of nitrogens with two attached hydrogens (primary N) is 1. The summed E-state index contributed by atoms with van der Waals surface area (Å²) in [6, 6.07) is -2.26. The van der Waals surface area contributed by atoms with Gasteiger partial charge in [-0.1, -0.05) is 0 Å². The number of amides is 1. The van der Waals surface area contributed by atoms with Gasteiger partial charge in [0.1, 0.15) is 0 Å². The first-order chi connectivity index (χ1) is 12.8. The molecule has 1 unspecified atom stereocenters. The molecule has 27 heavy (non-hydrogen) atoms. The fourth-order valence-electron chi connectivity index (χ4n) is 3.66. The highest BCUT2D eigenvalue weighted by Crippen LogP contribution is 2.36. The second-order valence-corrected chi connectivity index (χ2v) is 6.99. The van der Waals surface area contributed by atoms with E-state index >= 15 is 0 Å². The largest absolute Gasteiger partial charge is 0.363 e. The molecule has 1 aliphatic heterocycles. The molecule has 4 N–H and O–H groups in total. The molecule has 1 fully saturated rings. The predicted octanol–water partition coefficient (Wildman–Crippen LogP) is 1.79. The molecule has 0 saturated heterocycles. The molecule has 2 aromatic heterocycles. The Balaban J connectivity index is 1.77. The minimum atomic E-state index is -3.02. The monoisotopic (exact) mass is 380 g/mol. The Morgan fingerprint density at radius 2 is 2.22 bits per heavy atom. The fraction of sp³-hybridized carbons (Fsp3) is 0.471. The van der Waals surface area contributed by atoms with E-state index in [0.29, 0.717) is 12.0 Å². The quantitative estimate of drug-likeness (QED) is 0.754. The lowest BCUT2D eigenvalue weighted by atomic mass is 9.87. The van der Waals surface area contributed by atoms with Crippen LogP contribution in [0.25, 0.3) is 11.3 Å². The van der Waals surface area contributed by atoms with Crippen LogP contribution in [-0.4, -0.2) is 38.7 Å². The Morgan fingerprint density at radius 3 is 2.93 bits per heavy atom. The number of carbonyl (C=O) groups excluding carboxylic acids is 1. The maximum Gasteiger partial charge on any atom is 0.264 e. The van der Waals surface area contributed by atoms with Gasteiger partial charge in [0.2, 0.25) is 0 Å². The van der Waals surface area contributed by atoms with Gasteiger partial charge in [0.15, 0.2) is 11.6 Å². The van der Waals surface area contributed by atoms with Crippen LogP contribution in [0.1, 0.15) is 35.2 Å². The van der Waals surface area contributed by atoms with Gasteiger partial charge in [0, 0.05) is 43.4 Å². The zero-order chi connectivity index (χ0) is 19.3. The lowest BCUT2D eigenvalue weighted by molar-refractivity contribution is -0.0555. The molecule has 10 heteroatoms. The SMILES string of the molecule is Cn1cc(-c2nc(NC3CCCC(F)(F)[C@@H]3N)c(F)c3c2C(=O)NC3)cn1. The minimum absolute atomic E-state index is 0.0113. The summed E-state index contributed by atoms with van der Waals surface area (Å²) in [6.07, 6.45) is 3.54. The molecule has 144 valence electrons. The fourth-order valence-corrected chi connectivity index (χ4v) is 3.66. The number of halogens is 3. The number of fused-ring (bicyclic) bond motifs is 1. The molecule has 1 amide bonds. The Morgan fingerprint density at radius 1 is 1.44 bits per heavy atom. The van der Waals surface area contributed by atoms with Gasteiger partial charge in [-0.3, -0.25) is 9.48 Å². The van der Waals surface area contributed by atoms with Crippen molar-refractivity contribution in [3.05, 3.63) is 29.3 Å². The van der Waals surface area contributed by atoms with Gasteiger partial charge in [-0.05, 0) is 12.8 Å². The van der Waals surface area contributed by atoms with E-state index in [1.165, 1.54) is 10.9 Å². The number of nitrogens with zero attached hydrogens (tertiary/aromatic N) is 3. The average Bonchev–Trinajstić information content (AvgIpc) is 3.21. The molecule has 1 saturated carbocycles. The number of pyridine rings is 1. The van der Waals surface area contributed by atoms with Crippen LogP contribution < -0.4 is 16.4 Å². The van der Waals surface area contributed by atoms with Crippen molar-refractivity contribution >= 4 is 11.7 Å². The van der Waals surface area contributed by atoms with Crippen molar-refractivity contribution in [2.24, 2.45) is 12.8 Å². The number of hydrogen-bond donors (Lipinski definition) is 3. The smallest absolute Gasteiger partial charge is 0.264 e. The van der Waals surface area contributed by atoms with Crippen molar-refractivity contribution in [1.29, 1.82) is 0 Å². The summed E-state index contributed by atoms with van der Waals surface area (Å²) >= 11 is 0. The Bertz CT molecular complexity index is 912. The highest BCUT2D eigenvalue weighted by Gasteiger charge is 2.45. The Labute approximate surface area is 153 Å². The van der Waals surface area contributed by atoms with Crippen molar-refractivity contribution in [1.82, 2.24) is 20.1 Å². The van der Waals surface area contributed by atoms with E-state index in [0.717, 1.165) is 0 Å². The topological polar surface area (TPSA) is 97.9 Å². The van der Waals surface area contributed by atoms with Gasteiger partial charge in [0.05, 0.1) is 23.5 Å². The molecule has 3 heterocycles. The van der Waals surface area contributed by atoms with Crippen LogP contribution in [0.4, 0.5) is 19.0 Å². The average molecular weight is 380 g/mol. The van der Waals surface area contributed by atoms with Crippen molar-refractivity contribution in [2.75, 3.05) is 5.32 Å². The zero-order valence-corrected chi connectivity index (χ0v) is 14.6. The summed E-state index contributed by atoms with van der Waals surface area (Å²) in [5.74, 6) is -4.35. The number of rotatable bonds is 3. The molecule has 4 rings (SSSR count). The van der Waals surface area contributed by atoms with Crippen molar-refractivity contribution in [2.45, 2.75) is 43.8 Å². The normalized spacial score (nSPS) is 23.8. The molecule has 0 bridgehead atoms. The minimum Gasteiger partial charge on any atom is -0.363 e. The van der Waals surface area contributed by atoms with Crippen molar-refractivity contribution < 1.29 is 18.0 Å². The van der Waals surface area contributed by atoms with Crippen molar-refractivity contribution in [3.63, 3.8) is 0 Å². The summed E-state index contributed by atoms with van der Waals surface area (Å²) in [4.78, 5) is 16.4. The van der Waals surface area contributed by atoms with Crippen LogP contribution in [0.5, 0.6) is 0 Å². The molecule has 7 nitrogen and oxygen atoms in total. The molecule has 2 aliphatic rings. The zero-order valence-electron chi connectivity index (χ0n) is 14.6. The molecule has 0 radical (unpaired) electrons. The highest BCUT2D eigenvalue weighted by molar-refractivity contribution is 6.04. The first kappa shape index (κ1) is 17.8. The summed E-state index contributed by atoms with van der Waals surface area (Å²) in [5.41, 5.74) is 6.79. The van der Waals surface area contributed by atoms with Gasteiger partial charge >= 0.3 is 0 Å². The second-order valence-electron chi connectivity index (χ2n) is 6.99. The van der Waals surface area contributed by atoms with E-state index in [4.69, 9.17) is 5.73 Å². The standard InChI is InChI=1S/C17H19F3N6O/c1-26-7-8(5-23-26)13-11-9(6-22-16(11)27)12(18)15(25-13)24-10-3-2-4-17(19,20)14(10)21/h5,7,10,14H,2-4,6,21H2,1H3,(H,22,27)(H,24,25)/t10?,14-/m1/s1. The number of carbonyl (C=O) groups is 1. The van der Waals surface area contributed by atoms with E-state index < -0.39 is 29.7 Å². The summed E-state index contributed by atoms with van der Waals surface area (Å²) in [5, 5.41) is 9.39. The van der Waals surface area contributed by atoms with Gasteiger partial charge in [-0.2, -0.15) is 5.10 Å². The van der Waals surface area contributed by atoms with Gasteiger partial charge in [-0.15, -0.1) is 0 Å². The molecule has 2 aromatic rings. The van der Waals surface area contributed by atoms with Crippen LogP contribution in [0.2, 0.25) is 0 Å². The maximum absolute atomic E-state index is 15.0. The Hall–Kier alpha value is -2.62. The first-order valence-corrected chi connectivity index (χ1v) is 8.67. The number of aromatic nitrogens is 3. The van der Waals surface area contributed by atoms with E-state index in [-0.39, 0.29) is 42.0 Å². The van der Waals surface area contributed by atoms with Crippen molar-refractivity contribution in [3.8, 4) is 11.3 Å². The molecule has 2 atom stereocenters. The lowest BCUT2D eigenvalue weighted by Gasteiger charge is -2.36. The van der Waals surface area contributed by atoms with Gasteiger partial charge < -0.3 is 16.4 Å². The van der Waals surface area contributed by atoms with Crippen LogP contribution in [-0.2, 0) is 13.6 Å². The number of anilines is 1. The number of nitrogens with one attached hydrogen (secondary N) is 2. The number of alkyl halides is 2. The van der Waals surface area contributed by atoms with Crippen LogP contribution in [0.3, 0.4) is 0 Å². The van der Waals surface area contributed by atoms with Gasteiger partial charge in [0.25, 0.3) is 11.8 Å². The molecule has 0 spiro atoms. The third-order valence-corrected chi connectivity index (χ3v) is 5.13. The number of hydrogen-bond acceptors (Lipinski definition) is 5. The second kappa shape index (κ2) is 6.22. The summed E-state index contributed by atoms with van der Waals surface area (Å²) in [7, 11) is 1.70. The van der Waals surface area contributed by atoms with Crippen LogP contribution in [0, 0.1) is 5.82 Å². The van der Waals surface area contributed by atoms with E-state index in [2.05, 4.69) is 20.7 Å². The maximum atomic E-state index is 15.0. The Kier molecular flexibility index (Phi) is 4.10. The predicted molar refractivity (Wildman–Crippen MR) is 91.8 cm³/mol. The van der Waals surface area contributed by atoms with E-state index in [1.807, 2.05) is 0 Å². The highest BCUT2D eigenvalue weighted by atomic mass is 19.3. The lowest BCUT2D eigenvalue weighted by Crippen LogP contribution is -2.55.